The van der Waals surface area contributed by atoms with Crippen molar-refractivity contribution < 1.29 is 9.53 Å². The van der Waals surface area contributed by atoms with Gasteiger partial charge in [-0.15, -0.1) is 0 Å². The molecule has 0 radical (unpaired) electrons. The van der Waals surface area contributed by atoms with E-state index in [9.17, 15) is 4.79 Å². The van der Waals surface area contributed by atoms with E-state index in [0.717, 1.165) is 27.8 Å². The van der Waals surface area contributed by atoms with Crippen LogP contribution in [0.15, 0.2) is 46.9 Å². The molecule has 4 heteroatoms. The zero-order chi connectivity index (χ0) is 14.8. The highest BCUT2D eigenvalue weighted by Gasteiger charge is 2.23. The number of hydrogen-bond donors (Lipinski definition) is 1. The smallest absolute Gasteiger partial charge is 0.251 e. The van der Waals surface area contributed by atoms with E-state index >= 15 is 0 Å². The van der Waals surface area contributed by atoms with E-state index in [1.807, 2.05) is 49.4 Å². The van der Waals surface area contributed by atoms with Gasteiger partial charge in [0.2, 0.25) is 0 Å². The molecule has 0 aliphatic carbocycles. The first-order chi connectivity index (χ1) is 10.1. The number of benzene rings is 2. The molecule has 1 heterocycles. The van der Waals surface area contributed by atoms with Crippen molar-refractivity contribution in [2.75, 3.05) is 6.61 Å². The molecule has 0 saturated heterocycles. The summed E-state index contributed by atoms with van der Waals surface area (Å²) >= 11 is 3.45. The van der Waals surface area contributed by atoms with E-state index in [2.05, 4.69) is 21.2 Å². The van der Waals surface area contributed by atoms with Crippen LogP contribution in [0.5, 0.6) is 5.75 Å². The molecule has 108 valence electrons. The fraction of sp³-hybridized carbons (Fsp3) is 0.235. The Morgan fingerprint density at radius 3 is 2.90 bits per heavy atom. The van der Waals surface area contributed by atoms with Gasteiger partial charge in [-0.2, -0.15) is 0 Å². The van der Waals surface area contributed by atoms with Crippen molar-refractivity contribution in [2.24, 2.45) is 0 Å². The normalized spacial score (nSPS) is 16.8. The summed E-state index contributed by atoms with van der Waals surface area (Å²) in [6.45, 7) is 2.60. The van der Waals surface area contributed by atoms with Gasteiger partial charge >= 0.3 is 0 Å². The van der Waals surface area contributed by atoms with E-state index < -0.39 is 0 Å². The van der Waals surface area contributed by atoms with Crippen molar-refractivity contribution in [3.8, 4) is 5.75 Å². The van der Waals surface area contributed by atoms with Crippen molar-refractivity contribution in [1.82, 2.24) is 5.32 Å². The molecule has 3 rings (SSSR count). The Morgan fingerprint density at radius 1 is 1.29 bits per heavy atom. The van der Waals surface area contributed by atoms with E-state index in [4.69, 9.17) is 4.74 Å². The summed E-state index contributed by atoms with van der Waals surface area (Å²) in [5, 5.41) is 3.10. The second-order valence-electron chi connectivity index (χ2n) is 5.16. The maximum absolute atomic E-state index is 12.4. The molecule has 1 aliphatic heterocycles. The highest BCUT2D eigenvalue weighted by atomic mass is 79.9. The third-order valence-electron chi connectivity index (χ3n) is 3.68. The third kappa shape index (κ3) is 2.95. The van der Waals surface area contributed by atoms with Gasteiger partial charge in [0.1, 0.15) is 5.75 Å². The summed E-state index contributed by atoms with van der Waals surface area (Å²) in [5.41, 5.74) is 2.78. The Balaban J connectivity index is 1.81. The van der Waals surface area contributed by atoms with Crippen molar-refractivity contribution in [3.63, 3.8) is 0 Å². The minimum absolute atomic E-state index is 0.00593. The number of fused-ring (bicyclic) bond motifs is 1. The van der Waals surface area contributed by atoms with Crippen LogP contribution in [0.3, 0.4) is 0 Å². The first-order valence-electron chi connectivity index (χ1n) is 6.94. The Bertz CT molecular complexity index is 684. The summed E-state index contributed by atoms with van der Waals surface area (Å²) in [6, 6.07) is 13.5. The first-order valence-corrected chi connectivity index (χ1v) is 7.73. The number of hydrogen-bond acceptors (Lipinski definition) is 2. The van der Waals surface area contributed by atoms with E-state index in [1.54, 1.807) is 0 Å². The van der Waals surface area contributed by atoms with Crippen LogP contribution in [0.25, 0.3) is 0 Å². The Hall–Kier alpha value is -1.81. The Labute approximate surface area is 132 Å². The minimum Gasteiger partial charge on any atom is -0.493 e. The molecular weight excluding hydrogens is 330 g/mol. The van der Waals surface area contributed by atoms with Crippen molar-refractivity contribution >= 4 is 21.8 Å². The monoisotopic (exact) mass is 345 g/mol. The standard InChI is InChI=1S/C17H16BrNO2/c1-11-10-12(6-7-14(11)18)17(20)19-15-8-9-21-16-5-3-2-4-13(15)16/h2-7,10,15H,8-9H2,1H3,(H,19,20). The van der Waals surface area contributed by atoms with Gasteiger partial charge < -0.3 is 10.1 Å². The first kappa shape index (κ1) is 14.1. The largest absolute Gasteiger partial charge is 0.493 e. The van der Waals surface area contributed by atoms with Gasteiger partial charge in [-0.25, -0.2) is 0 Å². The maximum atomic E-state index is 12.4. The van der Waals surface area contributed by atoms with Gasteiger partial charge in [0.05, 0.1) is 12.6 Å². The zero-order valence-electron chi connectivity index (χ0n) is 11.7. The maximum Gasteiger partial charge on any atom is 0.251 e. The molecule has 1 atom stereocenters. The SMILES string of the molecule is Cc1cc(C(=O)NC2CCOc3ccccc32)ccc1Br. The van der Waals surface area contributed by atoms with Crippen molar-refractivity contribution in [3.05, 3.63) is 63.6 Å². The Kier molecular flexibility index (Phi) is 3.97. The lowest BCUT2D eigenvalue weighted by Crippen LogP contribution is -2.32. The highest BCUT2D eigenvalue weighted by Crippen LogP contribution is 2.31. The van der Waals surface area contributed by atoms with Crippen LogP contribution in [0.1, 0.15) is 33.9 Å². The van der Waals surface area contributed by atoms with Crippen LogP contribution in [-0.2, 0) is 0 Å². The molecule has 21 heavy (non-hydrogen) atoms. The third-order valence-corrected chi connectivity index (χ3v) is 4.57. The van der Waals surface area contributed by atoms with Gasteiger partial charge in [-0.3, -0.25) is 4.79 Å². The number of carbonyl (C=O) groups excluding carboxylic acids is 1. The molecule has 1 unspecified atom stereocenters. The fourth-order valence-electron chi connectivity index (χ4n) is 2.52. The lowest BCUT2D eigenvalue weighted by atomic mass is 10.00. The number of para-hydroxylation sites is 1. The molecule has 0 saturated carbocycles. The predicted octanol–water partition coefficient (Wildman–Crippen LogP) is 4.01. The van der Waals surface area contributed by atoms with Gasteiger partial charge in [-0.1, -0.05) is 34.1 Å². The van der Waals surface area contributed by atoms with Gasteiger partial charge in [-0.05, 0) is 36.8 Å². The number of nitrogens with one attached hydrogen (secondary N) is 1. The van der Waals surface area contributed by atoms with Crippen LogP contribution < -0.4 is 10.1 Å². The lowest BCUT2D eigenvalue weighted by Gasteiger charge is -2.26. The number of rotatable bonds is 2. The molecule has 0 aromatic heterocycles. The summed E-state index contributed by atoms with van der Waals surface area (Å²) in [4.78, 5) is 12.4. The molecule has 0 bridgehead atoms. The average molecular weight is 346 g/mol. The molecule has 3 nitrogen and oxygen atoms in total. The fourth-order valence-corrected chi connectivity index (χ4v) is 2.77. The topological polar surface area (TPSA) is 38.3 Å². The summed E-state index contributed by atoms with van der Waals surface area (Å²) < 4.78 is 6.63. The van der Waals surface area contributed by atoms with E-state index in [-0.39, 0.29) is 11.9 Å². The van der Waals surface area contributed by atoms with Crippen LogP contribution in [0.4, 0.5) is 0 Å². The second-order valence-corrected chi connectivity index (χ2v) is 6.02. The lowest BCUT2D eigenvalue weighted by molar-refractivity contribution is 0.0924. The van der Waals surface area contributed by atoms with Crippen molar-refractivity contribution in [1.29, 1.82) is 0 Å². The van der Waals surface area contributed by atoms with Crippen LogP contribution in [0, 0.1) is 6.92 Å². The van der Waals surface area contributed by atoms with Gasteiger partial charge in [0.25, 0.3) is 5.91 Å². The molecule has 2 aromatic carbocycles. The minimum atomic E-state index is -0.0488. The average Bonchev–Trinajstić information content (AvgIpc) is 2.50. The zero-order valence-corrected chi connectivity index (χ0v) is 13.3. The van der Waals surface area contributed by atoms with Crippen LogP contribution in [-0.4, -0.2) is 12.5 Å². The molecular formula is C17H16BrNO2. The molecule has 1 amide bonds. The highest BCUT2D eigenvalue weighted by molar-refractivity contribution is 9.10. The van der Waals surface area contributed by atoms with Gasteiger partial charge in [0.15, 0.2) is 0 Å². The molecule has 1 N–H and O–H groups in total. The van der Waals surface area contributed by atoms with E-state index in [1.165, 1.54) is 0 Å². The van der Waals surface area contributed by atoms with Crippen LogP contribution in [0.2, 0.25) is 0 Å². The summed E-state index contributed by atoms with van der Waals surface area (Å²) in [6.07, 6.45) is 0.790. The van der Waals surface area contributed by atoms with Crippen LogP contribution >= 0.6 is 15.9 Å². The van der Waals surface area contributed by atoms with E-state index in [0.29, 0.717) is 12.2 Å². The van der Waals surface area contributed by atoms with Gasteiger partial charge in [0, 0.05) is 22.0 Å². The molecule has 0 fully saturated rings. The number of ether oxygens (including phenoxy) is 1. The second kappa shape index (κ2) is 5.90. The molecule has 0 spiro atoms. The predicted molar refractivity (Wildman–Crippen MR) is 85.6 cm³/mol. The quantitative estimate of drug-likeness (QED) is 0.892. The summed E-state index contributed by atoms with van der Waals surface area (Å²) in [7, 11) is 0. The molecule has 2 aromatic rings. The Morgan fingerprint density at radius 2 is 2.10 bits per heavy atom. The number of halogens is 1. The van der Waals surface area contributed by atoms with Crippen molar-refractivity contribution in [2.45, 2.75) is 19.4 Å². The number of amides is 1. The number of carbonyl (C=O) groups is 1. The molecule has 1 aliphatic rings. The number of aryl methyl sites for hydroxylation is 1. The summed E-state index contributed by atoms with van der Waals surface area (Å²) in [5.74, 6) is 0.813.